The van der Waals surface area contributed by atoms with E-state index in [-0.39, 0.29) is 23.8 Å². The molecule has 214 valence electrons. The molecule has 10 heteroatoms. The molecule has 2 unspecified atom stereocenters. The fraction of sp³-hybridized carbons (Fsp3) is 0.281. The highest BCUT2D eigenvalue weighted by molar-refractivity contribution is 5.90. The summed E-state index contributed by atoms with van der Waals surface area (Å²) in [6.07, 6.45) is 7.10. The highest BCUT2D eigenvalue weighted by atomic mass is 19.1. The number of fused-ring (bicyclic) bond motifs is 1. The molecule has 4 aromatic rings. The average Bonchev–Trinajstić information content (AvgIpc) is 3.61. The highest BCUT2D eigenvalue weighted by Crippen LogP contribution is 2.31. The molecule has 2 atom stereocenters. The lowest BCUT2D eigenvalue weighted by Crippen LogP contribution is -2.34. The lowest BCUT2D eigenvalue weighted by molar-refractivity contribution is 0.103. The van der Waals surface area contributed by atoms with Gasteiger partial charge in [0.25, 0.3) is 5.56 Å². The molecular weight excluding hydrogens is 537 g/mol. The molecule has 2 aromatic carbocycles. The van der Waals surface area contributed by atoms with Gasteiger partial charge in [0.05, 0.1) is 23.9 Å². The minimum absolute atomic E-state index is 0.106. The number of aryl methyl sites for hydroxylation is 2. The van der Waals surface area contributed by atoms with Crippen molar-refractivity contribution >= 4 is 5.71 Å². The van der Waals surface area contributed by atoms with Crippen LogP contribution >= 0.6 is 0 Å². The summed E-state index contributed by atoms with van der Waals surface area (Å²) in [5, 5.41) is 8.02. The van der Waals surface area contributed by atoms with Crippen LogP contribution in [-0.2, 0) is 24.2 Å². The van der Waals surface area contributed by atoms with Crippen LogP contribution < -0.4 is 11.3 Å². The third kappa shape index (κ3) is 5.39. The van der Waals surface area contributed by atoms with Crippen LogP contribution in [0.25, 0.3) is 22.5 Å². The van der Waals surface area contributed by atoms with Crippen molar-refractivity contribution in [3.05, 3.63) is 116 Å². The van der Waals surface area contributed by atoms with Gasteiger partial charge in [-0.2, -0.15) is 0 Å². The van der Waals surface area contributed by atoms with E-state index >= 15 is 0 Å². The molecule has 0 fully saturated rings. The van der Waals surface area contributed by atoms with Crippen LogP contribution in [0.15, 0.2) is 91.9 Å². The van der Waals surface area contributed by atoms with Crippen LogP contribution in [0.4, 0.5) is 4.39 Å². The number of H-pyrrole nitrogens is 1. The molecule has 1 aliphatic heterocycles. The Labute approximate surface area is 241 Å². The van der Waals surface area contributed by atoms with Gasteiger partial charge < -0.3 is 4.84 Å². The number of nitrogens with zero attached hydrogens (tertiary/aromatic N) is 4. The molecular formula is C32H30FN5O4. The second-order valence-corrected chi connectivity index (χ2v) is 10.5. The van der Waals surface area contributed by atoms with Crippen molar-refractivity contribution in [3.8, 4) is 22.5 Å². The number of benzene rings is 2. The Balaban J connectivity index is 1.30. The van der Waals surface area contributed by atoms with Crippen LogP contribution in [-0.4, -0.2) is 31.5 Å². The molecule has 0 saturated heterocycles. The van der Waals surface area contributed by atoms with Crippen LogP contribution in [0.1, 0.15) is 42.4 Å². The normalized spacial score (nSPS) is 17.5. The van der Waals surface area contributed by atoms with Gasteiger partial charge in [-0.1, -0.05) is 78.3 Å². The van der Waals surface area contributed by atoms with E-state index in [4.69, 9.17) is 14.3 Å². The Hall–Kier alpha value is -4.86. The van der Waals surface area contributed by atoms with E-state index in [0.717, 1.165) is 40.8 Å². The zero-order chi connectivity index (χ0) is 29.2. The number of hydrogen-bond acceptors (Lipinski definition) is 7. The van der Waals surface area contributed by atoms with Gasteiger partial charge in [-0.15, -0.1) is 0 Å². The predicted octanol–water partition coefficient (Wildman–Crippen LogP) is 5.29. The van der Waals surface area contributed by atoms with Crippen molar-refractivity contribution in [3.63, 3.8) is 0 Å². The summed E-state index contributed by atoms with van der Waals surface area (Å²) in [7, 11) is 0. The number of hydrogen-bond donors (Lipinski definition) is 1. The Morgan fingerprint density at radius 1 is 1.07 bits per heavy atom. The Morgan fingerprint density at radius 2 is 1.86 bits per heavy atom. The summed E-state index contributed by atoms with van der Waals surface area (Å²) < 4.78 is 20.0. The van der Waals surface area contributed by atoms with E-state index in [1.165, 1.54) is 12.2 Å². The molecule has 3 heterocycles. The number of aromatic amines is 1. The minimum Gasteiger partial charge on any atom is -0.387 e. The molecule has 1 N–H and O–H groups in total. The van der Waals surface area contributed by atoms with Crippen molar-refractivity contribution in [2.75, 3.05) is 0 Å². The summed E-state index contributed by atoms with van der Waals surface area (Å²) >= 11 is 0. The molecule has 0 radical (unpaired) electrons. The van der Waals surface area contributed by atoms with E-state index in [0.29, 0.717) is 35.8 Å². The lowest BCUT2D eigenvalue weighted by atomic mass is 9.93. The van der Waals surface area contributed by atoms with Crippen LogP contribution in [0.2, 0.25) is 0 Å². The predicted molar refractivity (Wildman–Crippen MR) is 157 cm³/mol. The van der Waals surface area contributed by atoms with E-state index < -0.39 is 11.9 Å². The van der Waals surface area contributed by atoms with Gasteiger partial charge in [-0.3, -0.25) is 18.9 Å². The van der Waals surface area contributed by atoms with E-state index in [9.17, 15) is 14.0 Å². The van der Waals surface area contributed by atoms with E-state index in [1.807, 2.05) is 55.5 Å². The number of allylic oxidation sites excluding steroid dienone is 2. The van der Waals surface area contributed by atoms with Crippen molar-refractivity contribution in [2.24, 2.45) is 11.1 Å². The minimum atomic E-state index is -0.611. The summed E-state index contributed by atoms with van der Waals surface area (Å²) in [5.74, 6) is -0.211. The largest absolute Gasteiger partial charge is 0.439 e. The Morgan fingerprint density at radius 3 is 2.60 bits per heavy atom. The maximum absolute atomic E-state index is 14.0. The van der Waals surface area contributed by atoms with Gasteiger partial charge in [-0.25, -0.2) is 14.2 Å². The molecule has 2 aliphatic rings. The molecule has 0 saturated carbocycles. The average molecular weight is 568 g/mol. The molecule has 0 bridgehead atoms. The fourth-order valence-electron chi connectivity index (χ4n) is 5.47. The molecule has 9 nitrogen and oxygen atoms in total. The molecule has 0 amide bonds. The maximum Gasteiger partial charge on any atom is 0.439 e. The zero-order valence-corrected chi connectivity index (χ0v) is 23.3. The number of rotatable bonds is 9. The Bertz CT molecular complexity index is 1830. The number of halogens is 1. The van der Waals surface area contributed by atoms with Crippen molar-refractivity contribution in [2.45, 2.75) is 52.2 Å². The van der Waals surface area contributed by atoms with Gasteiger partial charge in [0.15, 0.2) is 11.9 Å². The fourth-order valence-corrected chi connectivity index (χ4v) is 5.47. The lowest BCUT2D eigenvalue weighted by Gasteiger charge is -2.18. The topological polar surface area (TPSA) is 115 Å². The zero-order valence-electron chi connectivity index (χ0n) is 23.3. The first kappa shape index (κ1) is 27.3. The van der Waals surface area contributed by atoms with Gasteiger partial charge in [0, 0.05) is 17.5 Å². The van der Waals surface area contributed by atoms with Crippen molar-refractivity contribution < 1.29 is 13.8 Å². The third-order valence-electron chi connectivity index (χ3n) is 7.71. The van der Waals surface area contributed by atoms with E-state index in [1.54, 1.807) is 10.6 Å². The molecule has 0 spiro atoms. The summed E-state index contributed by atoms with van der Waals surface area (Å²) in [4.78, 5) is 38.4. The van der Waals surface area contributed by atoms with Gasteiger partial charge >= 0.3 is 5.76 Å². The molecule has 1 aliphatic carbocycles. The Kier molecular flexibility index (Phi) is 7.52. The van der Waals surface area contributed by atoms with Crippen LogP contribution in [0.3, 0.4) is 0 Å². The van der Waals surface area contributed by atoms with E-state index in [2.05, 4.69) is 22.2 Å². The smallest absolute Gasteiger partial charge is 0.387 e. The molecule has 6 rings (SSSR count). The number of aromatic nitrogens is 4. The van der Waals surface area contributed by atoms with Gasteiger partial charge in [-0.05, 0) is 48.6 Å². The SMILES string of the molecule is CCCCc1nc(C)n(CC2=NOC3C=C(F)C=CC23)c(=O)c1Cc1ccc(-c2ccccc2-c2noc(=O)[nH]2)cc1. The number of oxime groups is 1. The standard InChI is InChI=1S/C32H30FN5O4/c1-3-4-9-27-26(31(39)38(19(2)34-27)18-28-25-15-14-22(33)17-29(25)41-36-28)16-20-10-12-21(13-11-20)23-7-5-6-8-24(23)30-35-32(40)42-37-30/h5-8,10-15,17,25,29H,3-4,9,16,18H2,1-2H3,(H,35,37,40). The first-order chi connectivity index (χ1) is 20.4. The second-order valence-electron chi connectivity index (χ2n) is 10.5. The first-order valence-electron chi connectivity index (χ1n) is 14.0. The number of unbranched alkanes of at least 4 members (excludes halogenated alkanes) is 1. The summed E-state index contributed by atoms with van der Waals surface area (Å²) in [6, 6.07) is 15.6. The maximum atomic E-state index is 14.0. The summed E-state index contributed by atoms with van der Waals surface area (Å²) in [6.45, 7) is 4.17. The second kappa shape index (κ2) is 11.6. The quantitative estimate of drug-likeness (QED) is 0.294. The third-order valence-corrected chi connectivity index (χ3v) is 7.71. The number of nitrogens with one attached hydrogen (secondary N) is 1. The van der Waals surface area contributed by atoms with Crippen molar-refractivity contribution in [1.29, 1.82) is 0 Å². The first-order valence-corrected chi connectivity index (χ1v) is 14.0. The van der Waals surface area contributed by atoms with Crippen molar-refractivity contribution in [1.82, 2.24) is 19.7 Å². The van der Waals surface area contributed by atoms with Gasteiger partial charge in [0.1, 0.15) is 11.7 Å². The molecule has 42 heavy (non-hydrogen) atoms. The van der Waals surface area contributed by atoms with Gasteiger partial charge in [0.2, 0.25) is 0 Å². The summed E-state index contributed by atoms with van der Waals surface area (Å²) in [5.41, 5.74) is 5.56. The van der Waals surface area contributed by atoms with Crippen LogP contribution in [0, 0.1) is 12.8 Å². The highest BCUT2D eigenvalue weighted by Gasteiger charge is 2.34. The van der Waals surface area contributed by atoms with Crippen LogP contribution in [0.5, 0.6) is 0 Å². The molecule has 2 aromatic heterocycles. The monoisotopic (exact) mass is 567 g/mol.